The summed E-state index contributed by atoms with van der Waals surface area (Å²) in [5.41, 5.74) is -3.02. The Morgan fingerprint density at radius 1 is 1.33 bits per heavy atom. The van der Waals surface area contributed by atoms with Gasteiger partial charge in [-0.3, -0.25) is 4.79 Å². The van der Waals surface area contributed by atoms with E-state index in [1.807, 2.05) is 6.92 Å². The van der Waals surface area contributed by atoms with Crippen molar-refractivity contribution in [3.05, 3.63) is 29.8 Å². The van der Waals surface area contributed by atoms with Crippen LogP contribution in [0.1, 0.15) is 18.9 Å². The molecule has 1 unspecified atom stereocenters. The summed E-state index contributed by atoms with van der Waals surface area (Å²) in [4.78, 5) is 12.0. The minimum absolute atomic E-state index is 0.0143. The SMILES string of the molecule is CCc1ccc(OCC(=O)N2N=C(C(F)F)CC2(O)C(F)F)cc1. The van der Waals surface area contributed by atoms with E-state index in [2.05, 4.69) is 5.10 Å². The number of amides is 1. The van der Waals surface area contributed by atoms with Crippen LogP contribution in [0.2, 0.25) is 0 Å². The Morgan fingerprint density at radius 2 is 1.96 bits per heavy atom. The van der Waals surface area contributed by atoms with Crippen molar-refractivity contribution in [1.29, 1.82) is 0 Å². The number of carbonyl (C=O) groups excluding carboxylic acids is 1. The minimum Gasteiger partial charge on any atom is -0.484 e. The van der Waals surface area contributed by atoms with E-state index >= 15 is 0 Å². The van der Waals surface area contributed by atoms with Crippen LogP contribution < -0.4 is 4.74 Å². The topological polar surface area (TPSA) is 62.1 Å². The summed E-state index contributed by atoms with van der Waals surface area (Å²) in [6.45, 7) is 1.23. The zero-order valence-corrected chi connectivity index (χ0v) is 12.8. The van der Waals surface area contributed by atoms with Crippen molar-refractivity contribution in [2.24, 2.45) is 5.10 Å². The van der Waals surface area contributed by atoms with Crippen LogP contribution in [0.15, 0.2) is 29.4 Å². The van der Waals surface area contributed by atoms with Crippen molar-refractivity contribution >= 4 is 11.6 Å². The van der Waals surface area contributed by atoms with E-state index in [9.17, 15) is 27.5 Å². The number of hydrogen-bond donors (Lipinski definition) is 1. The molecule has 0 saturated heterocycles. The van der Waals surface area contributed by atoms with Crippen molar-refractivity contribution in [1.82, 2.24) is 5.01 Å². The van der Waals surface area contributed by atoms with E-state index in [4.69, 9.17) is 4.74 Å². The molecule has 0 radical (unpaired) electrons. The fourth-order valence-electron chi connectivity index (χ4n) is 2.18. The third-order valence-electron chi connectivity index (χ3n) is 3.57. The zero-order valence-electron chi connectivity index (χ0n) is 12.8. The number of alkyl halides is 4. The average Bonchev–Trinajstić information content (AvgIpc) is 2.93. The molecule has 0 fully saturated rings. The second-order valence-electron chi connectivity index (χ2n) is 5.24. The summed E-state index contributed by atoms with van der Waals surface area (Å²) < 4.78 is 56.5. The van der Waals surface area contributed by atoms with Crippen LogP contribution in [0.5, 0.6) is 5.75 Å². The van der Waals surface area contributed by atoms with Crippen LogP contribution in [0.3, 0.4) is 0 Å². The number of hydrogen-bond acceptors (Lipinski definition) is 4. The van der Waals surface area contributed by atoms with Crippen LogP contribution in [-0.4, -0.2) is 46.9 Å². The molecule has 1 heterocycles. The maximum Gasteiger partial charge on any atom is 0.287 e. The summed E-state index contributed by atoms with van der Waals surface area (Å²) in [7, 11) is 0. The first-order chi connectivity index (χ1) is 11.3. The molecule has 1 aromatic carbocycles. The second-order valence-corrected chi connectivity index (χ2v) is 5.24. The molecule has 1 aromatic rings. The van der Waals surface area contributed by atoms with Gasteiger partial charge in [-0.15, -0.1) is 0 Å². The fraction of sp³-hybridized carbons (Fsp3) is 0.467. The summed E-state index contributed by atoms with van der Waals surface area (Å²) in [6, 6.07) is 6.70. The molecule has 0 saturated carbocycles. The first kappa shape index (κ1) is 18.2. The number of halogens is 4. The molecular formula is C15H16F4N2O3. The van der Waals surface area contributed by atoms with Gasteiger partial charge < -0.3 is 9.84 Å². The van der Waals surface area contributed by atoms with Gasteiger partial charge in [0, 0.05) is 6.42 Å². The summed E-state index contributed by atoms with van der Waals surface area (Å²) in [5, 5.41) is 13.0. The summed E-state index contributed by atoms with van der Waals surface area (Å²) >= 11 is 0. The number of carbonyl (C=O) groups is 1. The average molecular weight is 348 g/mol. The highest BCUT2D eigenvalue weighted by atomic mass is 19.3. The molecular weight excluding hydrogens is 332 g/mol. The summed E-state index contributed by atoms with van der Waals surface area (Å²) in [5.74, 6) is -0.841. The van der Waals surface area contributed by atoms with Crippen molar-refractivity contribution < 1.29 is 32.2 Å². The maximum atomic E-state index is 13.0. The lowest BCUT2D eigenvalue weighted by Gasteiger charge is -2.29. The molecule has 24 heavy (non-hydrogen) atoms. The fourth-order valence-corrected chi connectivity index (χ4v) is 2.18. The number of ether oxygens (including phenoxy) is 1. The van der Waals surface area contributed by atoms with E-state index in [1.165, 1.54) is 0 Å². The molecule has 0 aromatic heterocycles. The van der Waals surface area contributed by atoms with Gasteiger partial charge in [-0.25, -0.2) is 17.6 Å². The molecule has 1 aliphatic heterocycles. The number of rotatable bonds is 6. The molecule has 0 spiro atoms. The second kappa shape index (κ2) is 7.16. The molecule has 5 nitrogen and oxygen atoms in total. The number of nitrogens with zero attached hydrogens (tertiary/aromatic N) is 2. The van der Waals surface area contributed by atoms with Gasteiger partial charge in [0.2, 0.25) is 5.72 Å². The molecule has 1 aliphatic rings. The Morgan fingerprint density at radius 3 is 2.46 bits per heavy atom. The Hall–Kier alpha value is -2.16. The van der Waals surface area contributed by atoms with Gasteiger partial charge in [0.15, 0.2) is 6.61 Å². The lowest BCUT2D eigenvalue weighted by Crippen LogP contribution is -2.52. The van der Waals surface area contributed by atoms with Crippen LogP contribution in [0, 0.1) is 0 Å². The monoisotopic (exact) mass is 348 g/mol. The molecule has 9 heteroatoms. The number of benzene rings is 1. The lowest BCUT2D eigenvalue weighted by molar-refractivity contribution is -0.193. The van der Waals surface area contributed by atoms with E-state index in [1.54, 1.807) is 24.3 Å². The molecule has 1 atom stereocenters. The van der Waals surface area contributed by atoms with E-state index in [0.29, 0.717) is 5.75 Å². The third-order valence-corrected chi connectivity index (χ3v) is 3.57. The quantitative estimate of drug-likeness (QED) is 0.803. The van der Waals surface area contributed by atoms with Crippen LogP contribution >= 0.6 is 0 Å². The molecule has 2 rings (SSSR count). The van der Waals surface area contributed by atoms with Crippen LogP contribution in [0.4, 0.5) is 17.6 Å². The summed E-state index contributed by atoms with van der Waals surface area (Å²) in [6.07, 6.45) is -6.90. The van der Waals surface area contributed by atoms with E-state index < -0.39 is 43.2 Å². The normalized spacial score (nSPS) is 20.7. The van der Waals surface area contributed by atoms with Crippen LogP contribution in [-0.2, 0) is 11.2 Å². The maximum absolute atomic E-state index is 13.0. The van der Waals surface area contributed by atoms with Gasteiger partial charge >= 0.3 is 0 Å². The Bertz CT molecular complexity index is 622. The minimum atomic E-state index is -3.45. The first-order valence-corrected chi connectivity index (χ1v) is 7.18. The predicted octanol–water partition coefficient (Wildman–Crippen LogP) is 2.43. The highest BCUT2D eigenvalue weighted by Gasteiger charge is 2.53. The molecule has 0 bridgehead atoms. The van der Waals surface area contributed by atoms with E-state index in [-0.39, 0.29) is 5.01 Å². The van der Waals surface area contributed by atoms with E-state index in [0.717, 1.165) is 12.0 Å². The standard InChI is InChI=1S/C15H16F4N2O3/c1-2-9-3-5-10(6-4-9)24-8-12(22)21-15(23,14(18)19)7-11(20-21)13(16)17/h3-6,13-14,23H,2,7-8H2,1H3. The van der Waals surface area contributed by atoms with Gasteiger partial charge in [-0.1, -0.05) is 19.1 Å². The zero-order chi connectivity index (χ0) is 17.9. The smallest absolute Gasteiger partial charge is 0.287 e. The number of aliphatic hydroxyl groups is 1. The van der Waals surface area contributed by atoms with Crippen molar-refractivity contribution in [3.63, 3.8) is 0 Å². The van der Waals surface area contributed by atoms with Crippen LogP contribution in [0.25, 0.3) is 0 Å². The van der Waals surface area contributed by atoms with Gasteiger partial charge in [0.05, 0.1) is 0 Å². The Kier molecular flexibility index (Phi) is 5.43. The molecule has 132 valence electrons. The lowest BCUT2D eigenvalue weighted by atomic mass is 10.1. The molecule has 1 N–H and O–H groups in total. The Labute approximate surface area is 135 Å². The predicted molar refractivity (Wildman–Crippen MR) is 77.2 cm³/mol. The van der Waals surface area contributed by atoms with Crippen molar-refractivity contribution in [2.75, 3.05) is 6.61 Å². The van der Waals surface area contributed by atoms with Gasteiger partial charge in [-0.2, -0.15) is 10.1 Å². The van der Waals surface area contributed by atoms with Crippen molar-refractivity contribution in [3.8, 4) is 5.75 Å². The molecule has 1 amide bonds. The number of hydrazone groups is 1. The first-order valence-electron chi connectivity index (χ1n) is 7.18. The number of aryl methyl sites for hydroxylation is 1. The largest absolute Gasteiger partial charge is 0.484 e. The highest BCUT2D eigenvalue weighted by Crippen LogP contribution is 2.33. The van der Waals surface area contributed by atoms with Gasteiger partial charge in [0.25, 0.3) is 18.8 Å². The van der Waals surface area contributed by atoms with Gasteiger partial charge in [-0.05, 0) is 24.1 Å². The molecule has 0 aliphatic carbocycles. The van der Waals surface area contributed by atoms with Gasteiger partial charge in [0.1, 0.15) is 11.5 Å². The van der Waals surface area contributed by atoms with Crippen molar-refractivity contribution in [2.45, 2.75) is 38.3 Å². The highest BCUT2D eigenvalue weighted by molar-refractivity contribution is 5.93. The Balaban J connectivity index is 2.08. The third kappa shape index (κ3) is 3.66.